The predicted octanol–water partition coefficient (Wildman–Crippen LogP) is 4.93. The summed E-state index contributed by atoms with van der Waals surface area (Å²) in [4.78, 5) is 31.8. The number of pyridine rings is 1. The summed E-state index contributed by atoms with van der Waals surface area (Å²) in [6, 6.07) is 15.7. The molecule has 2 aromatic heterocycles. The molecule has 156 valence electrons. The summed E-state index contributed by atoms with van der Waals surface area (Å²) in [5.41, 5.74) is 2.89. The maximum atomic E-state index is 12.8. The van der Waals surface area contributed by atoms with Crippen LogP contribution in [0.1, 0.15) is 26.5 Å². The number of aryl methyl sites for hydroxylation is 1. The minimum absolute atomic E-state index is 0.231. The SMILES string of the molecule is CNC(=O)c1cc(Oc2cc(C)ccc2NC(=O)c2cc3cc(Cl)ccc3[nH]2)ccn1. The molecule has 0 aliphatic heterocycles. The molecule has 0 saturated heterocycles. The molecule has 31 heavy (non-hydrogen) atoms. The Bertz CT molecular complexity index is 1300. The number of aromatic amines is 1. The maximum Gasteiger partial charge on any atom is 0.272 e. The number of halogens is 1. The van der Waals surface area contributed by atoms with E-state index in [0.29, 0.717) is 27.9 Å². The minimum Gasteiger partial charge on any atom is -0.455 e. The Morgan fingerprint density at radius 2 is 1.87 bits per heavy atom. The van der Waals surface area contributed by atoms with Crippen LogP contribution in [0.5, 0.6) is 11.5 Å². The first-order valence-electron chi connectivity index (χ1n) is 9.49. The lowest BCUT2D eigenvalue weighted by molar-refractivity contribution is 0.0957. The fourth-order valence-corrected chi connectivity index (χ4v) is 3.27. The van der Waals surface area contributed by atoms with E-state index in [1.807, 2.05) is 19.1 Å². The van der Waals surface area contributed by atoms with E-state index in [4.69, 9.17) is 16.3 Å². The zero-order valence-electron chi connectivity index (χ0n) is 16.8. The van der Waals surface area contributed by atoms with E-state index < -0.39 is 0 Å². The number of ether oxygens (including phenoxy) is 1. The molecule has 0 unspecified atom stereocenters. The quantitative estimate of drug-likeness (QED) is 0.415. The van der Waals surface area contributed by atoms with Crippen molar-refractivity contribution in [3.63, 3.8) is 0 Å². The molecule has 4 rings (SSSR count). The lowest BCUT2D eigenvalue weighted by Gasteiger charge is -2.13. The molecule has 0 aliphatic rings. The van der Waals surface area contributed by atoms with E-state index in [1.165, 1.54) is 19.3 Å². The van der Waals surface area contributed by atoms with Crippen molar-refractivity contribution in [2.45, 2.75) is 6.92 Å². The van der Waals surface area contributed by atoms with Gasteiger partial charge in [0.05, 0.1) is 5.69 Å². The van der Waals surface area contributed by atoms with E-state index in [9.17, 15) is 9.59 Å². The van der Waals surface area contributed by atoms with Gasteiger partial charge in [0, 0.05) is 35.2 Å². The molecule has 0 radical (unpaired) electrons. The highest BCUT2D eigenvalue weighted by molar-refractivity contribution is 6.31. The summed E-state index contributed by atoms with van der Waals surface area (Å²) in [5, 5.41) is 6.84. The summed E-state index contributed by atoms with van der Waals surface area (Å²) in [6.07, 6.45) is 1.49. The standard InChI is InChI=1S/C23H19ClN4O3/c1-13-3-5-18(21(9-13)31-16-7-8-26-19(12-16)22(29)25-2)28-23(30)20-11-14-10-15(24)4-6-17(14)27-20/h3-12,27H,1-2H3,(H,25,29)(H,28,30). The van der Waals surface area contributed by atoms with E-state index >= 15 is 0 Å². The van der Waals surface area contributed by atoms with Gasteiger partial charge in [-0.3, -0.25) is 14.6 Å². The van der Waals surface area contributed by atoms with E-state index in [1.54, 1.807) is 36.4 Å². The van der Waals surface area contributed by atoms with Gasteiger partial charge in [0.15, 0.2) is 5.75 Å². The largest absolute Gasteiger partial charge is 0.455 e. The maximum absolute atomic E-state index is 12.8. The number of hydrogen-bond acceptors (Lipinski definition) is 4. The second kappa shape index (κ2) is 8.49. The molecule has 2 amide bonds. The monoisotopic (exact) mass is 434 g/mol. The Labute approximate surface area is 183 Å². The second-order valence-electron chi connectivity index (χ2n) is 6.93. The van der Waals surface area contributed by atoms with Crippen LogP contribution in [-0.2, 0) is 0 Å². The smallest absolute Gasteiger partial charge is 0.272 e. The third-order valence-electron chi connectivity index (χ3n) is 4.63. The predicted molar refractivity (Wildman–Crippen MR) is 120 cm³/mol. The molecule has 7 nitrogen and oxygen atoms in total. The Kier molecular flexibility index (Phi) is 5.60. The summed E-state index contributed by atoms with van der Waals surface area (Å²) < 4.78 is 5.97. The number of carbonyl (C=O) groups excluding carboxylic acids is 2. The van der Waals surface area contributed by atoms with Crippen LogP contribution < -0.4 is 15.4 Å². The van der Waals surface area contributed by atoms with Crippen LogP contribution in [0.2, 0.25) is 5.02 Å². The lowest BCUT2D eigenvalue weighted by atomic mass is 10.2. The summed E-state index contributed by atoms with van der Waals surface area (Å²) in [6.45, 7) is 1.92. The van der Waals surface area contributed by atoms with Gasteiger partial charge in [-0.1, -0.05) is 17.7 Å². The number of hydrogen-bond donors (Lipinski definition) is 3. The summed E-state index contributed by atoms with van der Waals surface area (Å²) >= 11 is 6.03. The fraction of sp³-hybridized carbons (Fsp3) is 0.0870. The Morgan fingerprint density at radius 1 is 1.03 bits per heavy atom. The number of rotatable bonds is 5. The molecule has 0 bridgehead atoms. The molecule has 2 aromatic carbocycles. The van der Waals surface area contributed by atoms with Gasteiger partial charge < -0.3 is 20.4 Å². The highest BCUT2D eigenvalue weighted by atomic mass is 35.5. The van der Waals surface area contributed by atoms with Crippen molar-refractivity contribution in [3.05, 3.63) is 82.8 Å². The third-order valence-corrected chi connectivity index (χ3v) is 4.87. The van der Waals surface area contributed by atoms with Crippen LogP contribution in [0, 0.1) is 6.92 Å². The average molecular weight is 435 g/mol. The molecule has 0 spiro atoms. The Balaban J connectivity index is 1.60. The number of benzene rings is 2. The van der Waals surface area contributed by atoms with Gasteiger partial charge in [-0.15, -0.1) is 0 Å². The van der Waals surface area contributed by atoms with Gasteiger partial charge in [-0.2, -0.15) is 0 Å². The van der Waals surface area contributed by atoms with E-state index in [2.05, 4.69) is 20.6 Å². The molecule has 0 atom stereocenters. The molecule has 2 heterocycles. The van der Waals surface area contributed by atoms with Crippen molar-refractivity contribution in [2.24, 2.45) is 0 Å². The molecule has 4 aromatic rings. The number of carbonyl (C=O) groups is 2. The third kappa shape index (κ3) is 4.51. The molecule has 3 N–H and O–H groups in total. The molecular weight excluding hydrogens is 416 g/mol. The number of fused-ring (bicyclic) bond motifs is 1. The van der Waals surface area contributed by atoms with E-state index in [-0.39, 0.29) is 17.5 Å². The Hall–Kier alpha value is -3.84. The Morgan fingerprint density at radius 3 is 2.68 bits per heavy atom. The number of aromatic nitrogens is 2. The van der Waals surface area contributed by atoms with Crippen LogP contribution in [0.25, 0.3) is 10.9 Å². The highest BCUT2D eigenvalue weighted by Gasteiger charge is 2.14. The van der Waals surface area contributed by atoms with Gasteiger partial charge in [-0.05, 0) is 55.0 Å². The second-order valence-corrected chi connectivity index (χ2v) is 7.36. The number of anilines is 1. The normalized spacial score (nSPS) is 10.7. The molecule has 0 fully saturated rings. The van der Waals surface area contributed by atoms with Crippen molar-refractivity contribution in [3.8, 4) is 11.5 Å². The van der Waals surface area contributed by atoms with E-state index in [0.717, 1.165) is 16.5 Å². The van der Waals surface area contributed by atoms with Crippen LogP contribution in [-0.4, -0.2) is 28.8 Å². The molecular formula is C23H19ClN4O3. The van der Waals surface area contributed by atoms with Crippen molar-refractivity contribution < 1.29 is 14.3 Å². The topological polar surface area (TPSA) is 96.1 Å². The number of H-pyrrole nitrogens is 1. The van der Waals surface area contributed by atoms with Crippen molar-refractivity contribution in [1.82, 2.24) is 15.3 Å². The first-order chi connectivity index (χ1) is 14.9. The first-order valence-corrected chi connectivity index (χ1v) is 9.87. The van der Waals surface area contributed by atoms with Gasteiger partial charge in [0.25, 0.3) is 11.8 Å². The first kappa shape index (κ1) is 20.4. The van der Waals surface area contributed by atoms with Gasteiger partial charge >= 0.3 is 0 Å². The molecule has 0 aliphatic carbocycles. The van der Waals surface area contributed by atoms with Crippen molar-refractivity contribution in [1.29, 1.82) is 0 Å². The highest BCUT2D eigenvalue weighted by Crippen LogP contribution is 2.31. The zero-order chi connectivity index (χ0) is 22.0. The average Bonchev–Trinajstić information content (AvgIpc) is 3.18. The summed E-state index contributed by atoms with van der Waals surface area (Å²) in [5.74, 6) is 0.237. The zero-order valence-corrected chi connectivity index (χ0v) is 17.6. The minimum atomic E-state index is -0.318. The van der Waals surface area contributed by atoms with Crippen molar-refractivity contribution in [2.75, 3.05) is 12.4 Å². The van der Waals surface area contributed by atoms with Crippen LogP contribution in [0.3, 0.4) is 0 Å². The van der Waals surface area contributed by atoms with Crippen LogP contribution in [0.4, 0.5) is 5.69 Å². The number of nitrogens with one attached hydrogen (secondary N) is 3. The number of amides is 2. The van der Waals surface area contributed by atoms with Gasteiger partial charge in [0.1, 0.15) is 17.1 Å². The number of nitrogens with zero attached hydrogens (tertiary/aromatic N) is 1. The molecule has 0 saturated carbocycles. The lowest BCUT2D eigenvalue weighted by Crippen LogP contribution is -2.19. The fourth-order valence-electron chi connectivity index (χ4n) is 3.09. The summed E-state index contributed by atoms with van der Waals surface area (Å²) in [7, 11) is 1.53. The van der Waals surface area contributed by atoms with Gasteiger partial charge in [-0.25, -0.2) is 0 Å². The van der Waals surface area contributed by atoms with Crippen LogP contribution in [0.15, 0.2) is 60.8 Å². The molecule has 8 heteroatoms. The van der Waals surface area contributed by atoms with Crippen LogP contribution >= 0.6 is 11.6 Å². The van der Waals surface area contributed by atoms with Crippen molar-refractivity contribution >= 4 is 40.0 Å². The van der Waals surface area contributed by atoms with Gasteiger partial charge in [0.2, 0.25) is 0 Å².